The number of carbonyl (C=O) groups excluding carboxylic acids is 1. The van der Waals surface area contributed by atoms with E-state index in [9.17, 15) is 4.79 Å². The van der Waals surface area contributed by atoms with Crippen molar-refractivity contribution in [2.75, 3.05) is 19.7 Å². The maximum atomic E-state index is 13.0. The average Bonchev–Trinajstić information content (AvgIpc) is 3.08. The van der Waals surface area contributed by atoms with Crippen molar-refractivity contribution < 1.29 is 9.53 Å². The standard InChI is InChI=1S/C18H20N5O2P/c1-11-5-13(8-14(26)6-11)17(24)22-3-4-25-16(9-22)15-7-12(2)21-18-19-10-20-23(15)18/h5-8,10,16H,3-4,9,26H2,1-2H3/t16-/m0/s1. The van der Waals surface area contributed by atoms with E-state index in [2.05, 4.69) is 24.3 Å². The fraction of sp³-hybridized carbons (Fsp3) is 0.333. The summed E-state index contributed by atoms with van der Waals surface area (Å²) < 4.78 is 7.63. The number of carbonyl (C=O) groups is 1. The lowest BCUT2D eigenvalue weighted by Crippen LogP contribution is -2.43. The molecule has 0 aliphatic carbocycles. The summed E-state index contributed by atoms with van der Waals surface area (Å²) in [5, 5.41) is 5.25. The molecule has 0 saturated carbocycles. The minimum Gasteiger partial charge on any atom is -0.368 e. The van der Waals surface area contributed by atoms with E-state index in [0.717, 1.165) is 22.3 Å². The Bertz CT molecular complexity index is 967. The van der Waals surface area contributed by atoms with Crippen molar-refractivity contribution in [1.82, 2.24) is 24.5 Å². The van der Waals surface area contributed by atoms with Gasteiger partial charge in [-0.3, -0.25) is 4.79 Å². The molecular formula is C18H20N5O2P. The van der Waals surface area contributed by atoms with Gasteiger partial charge < -0.3 is 9.64 Å². The third kappa shape index (κ3) is 3.20. The Balaban J connectivity index is 1.63. The molecule has 2 aromatic heterocycles. The van der Waals surface area contributed by atoms with Crippen molar-refractivity contribution in [1.29, 1.82) is 0 Å². The molecule has 1 fully saturated rings. The van der Waals surface area contributed by atoms with Crippen LogP contribution in [-0.4, -0.2) is 50.1 Å². The van der Waals surface area contributed by atoms with Gasteiger partial charge in [0, 0.05) is 17.8 Å². The highest BCUT2D eigenvalue weighted by atomic mass is 31.0. The van der Waals surface area contributed by atoms with Crippen molar-refractivity contribution >= 4 is 26.2 Å². The summed E-state index contributed by atoms with van der Waals surface area (Å²) >= 11 is 0. The van der Waals surface area contributed by atoms with Crippen LogP contribution in [-0.2, 0) is 4.74 Å². The third-order valence-electron chi connectivity index (χ3n) is 4.44. The Morgan fingerprint density at radius 1 is 1.27 bits per heavy atom. The predicted octanol–water partition coefficient (Wildman–Crippen LogP) is 1.46. The summed E-state index contributed by atoms with van der Waals surface area (Å²) in [5.74, 6) is 0.560. The van der Waals surface area contributed by atoms with Gasteiger partial charge in [0.2, 0.25) is 0 Å². The van der Waals surface area contributed by atoms with Gasteiger partial charge in [-0.2, -0.15) is 14.6 Å². The number of benzene rings is 1. The number of ether oxygens (including phenoxy) is 1. The molecule has 0 bridgehead atoms. The first-order valence-electron chi connectivity index (χ1n) is 8.46. The minimum atomic E-state index is -0.265. The highest BCUT2D eigenvalue weighted by Crippen LogP contribution is 2.24. The molecule has 1 unspecified atom stereocenters. The summed E-state index contributed by atoms with van der Waals surface area (Å²) in [5.41, 5.74) is 3.48. The second-order valence-corrected chi connectivity index (χ2v) is 7.20. The molecule has 134 valence electrons. The minimum absolute atomic E-state index is 0.0197. The molecule has 2 atom stereocenters. The summed E-state index contributed by atoms with van der Waals surface area (Å²) in [4.78, 5) is 23.3. The molecule has 0 N–H and O–H groups in total. The predicted molar refractivity (Wildman–Crippen MR) is 101 cm³/mol. The number of morpholine rings is 1. The number of amides is 1. The van der Waals surface area contributed by atoms with Gasteiger partial charge in [-0.15, -0.1) is 9.24 Å². The summed E-state index contributed by atoms with van der Waals surface area (Å²) in [6.45, 7) is 5.43. The number of nitrogens with zero attached hydrogens (tertiary/aromatic N) is 5. The van der Waals surface area contributed by atoms with Gasteiger partial charge in [0.25, 0.3) is 11.7 Å². The van der Waals surface area contributed by atoms with Crippen LogP contribution in [0.4, 0.5) is 0 Å². The lowest BCUT2D eigenvalue weighted by Gasteiger charge is -2.33. The molecule has 3 heterocycles. The van der Waals surface area contributed by atoms with Crippen LogP contribution in [0.25, 0.3) is 5.78 Å². The zero-order chi connectivity index (χ0) is 18.3. The SMILES string of the molecule is Cc1cc(P)cc(C(=O)N2CCO[C@H](c3cc(C)nc4ncnn34)C2)c1. The Morgan fingerprint density at radius 2 is 2.12 bits per heavy atom. The fourth-order valence-corrected chi connectivity index (χ4v) is 3.76. The van der Waals surface area contributed by atoms with Crippen molar-refractivity contribution in [3.8, 4) is 0 Å². The first-order chi connectivity index (χ1) is 12.5. The van der Waals surface area contributed by atoms with Crippen LogP contribution in [0.1, 0.15) is 33.4 Å². The molecule has 8 heteroatoms. The Labute approximate surface area is 153 Å². The van der Waals surface area contributed by atoms with E-state index >= 15 is 0 Å². The van der Waals surface area contributed by atoms with E-state index in [1.807, 2.05) is 43.0 Å². The van der Waals surface area contributed by atoms with Crippen LogP contribution < -0.4 is 5.30 Å². The first kappa shape index (κ1) is 17.1. The monoisotopic (exact) mass is 369 g/mol. The molecular weight excluding hydrogens is 349 g/mol. The van der Waals surface area contributed by atoms with Crippen molar-refractivity contribution in [3.05, 3.63) is 53.1 Å². The lowest BCUT2D eigenvalue weighted by molar-refractivity contribution is -0.0257. The van der Waals surface area contributed by atoms with Gasteiger partial charge in [-0.05, 0) is 42.9 Å². The second-order valence-electron chi connectivity index (χ2n) is 6.54. The van der Waals surface area contributed by atoms with Gasteiger partial charge in [0.15, 0.2) is 0 Å². The number of rotatable bonds is 2. The molecule has 3 aromatic rings. The number of aromatic nitrogens is 4. The molecule has 1 aliphatic rings. The van der Waals surface area contributed by atoms with Crippen LogP contribution in [0.3, 0.4) is 0 Å². The van der Waals surface area contributed by atoms with Gasteiger partial charge in [-0.25, -0.2) is 4.98 Å². The summed E-state index contributed by atoms with van der Waals surface area (Å²) in [6.07, 6.45) is 1.21. The van der Waals surface area contributed by atoms with Gasteiger partial charge in [-0.1, -0.05) is 6.07 Å². The molecule has 0 spiro atoms. The number of aryl methyl sites for hydroxylation is 2. The largest absolute Gasteiger partial charge is 0.368 e. The molecule has 1 aromatic carbocycles. The zero-order valence-electron chi connectivity index (χ0n) is 14.7. The Hall–Kier alpha value is -2.37. The van der Waals surface area contributed by atoms with Crippen LogP contribution in [0.5, 0.6) is 0 Å². The normalized spacial score (nSPS) is 17.7. The van der Waals surface area contributed by atoms with Crippen LogP contribution in [0.2, 0.25) is 0 Å². The summed E-state index contributed by atoms with van der Waals surface area (Å²) in [6, 6.07) is 7.79. The third-order valence-corrected chi connectivity index (χ3v) is 4.77. The van der Waals surface area contributed by atoms with Gasteiger partial charge in [0.1, 0.15) is 12.4 Å². The topological polar surface area (TPSA) is 72.6 Å². The lowest BCUT2D eigenvalue weighted by atomic mass is 10.1. The number of hydrogen-bond donors (Lipinski definition) is 0. The molecule has 0 radical (unpaired) electrons. The van der Waals surface area contributed by atoms with E-state index in [0.29, 0.717) is 31.0 Å². The molecule has 1 saturated heterocycles. The van der Waals surface area contributed by atoms with Crippen molar-refractivity contribution in [3.63, 3.8) is 0 Å². The molecule has 1 aliphatic heterocycles. The molecule has 1 amide bonds. The quantitative estimate of drug-likeness (QED) is 0.640. The maximum Gasteiger partial charge on any atom is 0.254 e. The smallest absolute Gasteiger partial charge is 0.254 e. The highest BCUT2D eigenvalue weighted by Gasteiger charge is 2.28. The average molecular weight is 369 g/mol. The van der Waals surface area contributed by atoms with E-state index in [1.165, 1.54) is 6.33 Å². The Morgan fingerprint density at radius 3 is 2.92 bits per heavy atom. The second kappa shape index (κ2) is 6.74. The van der Waals surface area contributed by atoms with Crippen molar-refractivity contribution in [2.45, 2.75) is 20.0 Å². The van der Waals surface area contributed by atoms with Crippen LogP contribution >= 0.6 is 9.24 Å². The molecule has 4 rings (SSSR count). The Kier molecular flexibility index (Phi) is 4.42. The van der Waals surface area contributed by atoms with E-state index in [4.69, 9.17) is 4.74 Å². The number of hydrogen-bond acceptors (Lipinski definition) is 5. The van der Waals surface area contributed by atoms with Crippen LogP contribution in [0, 0.1) is 13.8 Å². The van der Waals surface area contributed by atoms with Crippen molar-refractivity contribution in [2.24, 2.45) is 0 Å². The van der Waals surface area contributed by atoms with E-state index in [1.54, 1.807) is 4.52 Å². The number of fused-ring (bicyclic) bond motifs is 1. The molecule has 7 nitrogen and oxygen atoms in total. The summed E-state index contributed by atoms with van der Waals surface area (Å²) in [7, 11) is 2.65. The van der Waals surface area contributed by atoms with E-state index in [-0.39, 0.29) is 12.0 Å². The van der Waals surface area contributed by atoms with Crippen LogP contribution in [0.15, 0.2) is 30.6 Å². The first-order valence-corrected chi connectivity index (χ1v) is 9.04. The highest BCUT2D eigenvalue weighted by molar-refractivity contribution is 7.27. The maximum absolute atomic E-state index is 13.0. The van der Waals surface area contributed by atoms with Gasteiger partial charge >= 0.3 is 0 Å². The van der Waals surface area contributed by atoms with E-state index < -0.39 is 0 Å². The zero-order valence-corrected chi connectivity index (χ0v) is 15.9. The van der Waals surface area contributed by atoms with Gasteiger partial charge in [0.05, 0.1) is 18.8 Å². The molecule has 26 heavy (non-hydrogen) atoms. The fourth-order valence-electron chi connectivity index (χ4n) is 3.32.